The maximum Gasteiger partial charge on any atom is 0.146 e. The number of rotatable bonds is 5. The lowest BCUT2D eigenvalue weighted by Crippen LogP contribution is -2.11. The van der Waals surface area contributed by atoms with Crippen molar-refractivity contribution < 1.29 is 9.90 Å². The minimum atomic E-state index is -0.549. The molecule has 58 valence electrons. The molecule has 0 saturated carbocycles. The number of aldehydes is 1. The Kier molecular flexibility index (Phi) is 5.97. The van der Waals surface area contributed by atoms with E-state index in [0.29, 0.717) is 6.29 Å². The standard InChI is InChI=1S/C7H13NO2/c1-2-3-4-8-7(5-9)6-10/h4-5,7,10H,2-3,6H2,1H3/t7-/m1/s1. The Bertz CT molecular complexity index is 112. The Morgan fingerprint density at radius 3 is 2.80 bits per heavy atom. The summed E-state index contributed by atoms with van der Waals surface area (Å²) in [4.78, 5) is 13.9. The van der Waals surface area contributed by atoms with Gasteiger partial charge in [0.05, 0.1) is 6.61 Å². The van der Waals surface area contributed by atoms with E-state index in [0.717, 1.165) is 12.8 Å². The SMILES string of the molecule is CCCC=N[C@H](C=O)CO. The molecule has 3 nitrogen and oxygen atoms in total. The summed E-state index contributed by atoms with van der Waals surface area (Å²) in [6, 6.07) is -0.549. The first-order valence-electron chi connectivity index (χ1n) is 3.43. The van der Waals surface area contributed by atoms with Crippen LogP contribution in [0.25, 0.3) is 0 Å². The van der Waals surface area contributed by atoms with E-state index in [9.17, 15) is 4.79 Å². The van der Waals surface area contributed by atoms with Crippen molar-refractivity contribution in [3.8, 4) is 0 Å². The third kappa shape index (κ3) is 4.21. The number of nitrogens with zero attached hydrogens (tertiary/aromatic N) is 1. The van der Waals surface area contributed by atoms with Crippen LogP contribution in [0.15, 0.2) is 4.99 Å². The number of unbranched alkanes of at least 4 members (excludes halogenated alkanes) is 1. The Hall–Kier alpha value is -0.700. The predicted molar refractivity (Wildman–Crippen MR) is 40.3 cm³/mol. The number of aliphatic hydroxyl groups is 1. The molecule has 0 aromatic rings. The molecule has 0 bridgehead atoms. The average molecular weight is 143 g/mol. The smallest absolute Gasteiger partial charge is 0.146 e. The molecule has 3 heteroatoms. The van der Waals surface area contributed by atoms with E-state index < -0.39 is 6.04 Å². The van der Waals surface area contributed by atoms with Crippen LogP contribution >= 0.6 is 0 Å². The number of hydrogen-bond donors (Lipinski definition) is 1. The monoisotopic (exact) mass is 143 g/mol. The van der Waals surface area contributed by atoms with Gasteiger partial charge in [0.2, 0.25) is 0 Å². The van der Waals surface area contributed by atoms with E-state index in [-0.39, 0.29) is 6.61 Å². The first-order chi connectivity index (χ1) is 4.85. The fourth-order valence-electron chi connectivity index (χ4n) is 0.464. The van der Waals surface area contributed by atoms with E-state index >= 15 is 0 Å². The quantitative estimate of drug-likeness (QED) is 0.448. The van der Waals surface area contributed by atoms with Crippen LogP contribution in [-0.2, 0) is 4.79 Å². The third-order valence-electron chi connectivity index (χ3n) is 1.06. The maximum absolute atomic E-state index is 10.1. The topological polar surface area (TPSA) is 49.7 Å². The van der Waals surface area contributed by atoms with Gasteiger partial charge in [0.15, 0.2) is 0 Å². The average Bonchev–Trinajstić information content (AvgIpc) is 1.99. The van der Waals surface area contributed by atoms with Gasteiger partial charge in [-0.25, -0.2) is 0 Å². The van der Waals surface area contributed by atoms with Crippen LogP contribution in [0.2, 0.25) is 0 Å². The lowest BCUT2D eigenvalue weighted by molar-refractivity contribution is -0.109. The van der Waals surface area contributed by atoms with Gasteiger partial charge in [-0.15, -0.1) is 0 Å². The van der Waals surface area contributed by atoms with E-state index in [2.05, 4.69) is 4.99 Å². The minimum absolute atomic E-state index is 0.191. The van der Waals surface area contributed by atoms with E-state index in [4.69, 9.17) is 5.11 Å². The molecule has 0 amide bonds. The highest BCUT2D eigenvalue weighted by Gasteiger charge is 1.97. The van der Waals surface area contributed by atoms with Gasteiger partial charge < -0.3 is 9.90 Å². The molecule has 0 aromatic carbocycles. The minimum Gasteiger partial charge on any atom is -0.394 e. The summed E-state index contributed by atoms with van der Waals surface area (Å²) in [5.41, 5.74) is 0. The van der Waals surface area contributed by atoms with Gasteiger partial charge in [-0.05, 0) is 12.6 Å². The molecule has 0 aliphatic heterocycles. The van der Waals surface area contributed by atoms with Crippen LogP contribution < -0.4 is 0 Å². The zero-order valence-corrected chi connectivity index (χ0v) is 6.16. The number of carbonyl (C=O) groups excluding carboxylic acids is 1. The van der Waals surface area contributed by atoms with Crippen LogP contribution in [0.5, 0.6) is 0 Å². The van der Waals surface area contributed by atoms with Gasteiger partial charge in [-0.2, -0.15) is 0 Å². The third-order valence-corrected chi connectivity index (χ3v) is 1.06. The molecule has 1 N–H and O–H groups in total. The van der Waals surface area contributed by atoms with Crippen molar-refractivity contribution in [2.45, 2.75) is 25.8 Å². The summed E-state index contributed by atoms with van der Waals surface area (Å²) in [7, 11) is 0. The molecule has 0 aromatic heterocycles. The fraction of sp³-hybridized carbons (Fsp3) is 0.714. The van der Waals surface area contributed by atoms with Gasteiger partial charge in [-0.3, -0.25) is 4.99 Å². The van der Waals surface area contributed by atoms with Crippen molar-refractivity contribution in [1.82, 2.24) is 0 Å². The first-order valence-corrected chi connectivity index (χ1v) is 3.43. The van der Waals surface area contributed by atoms with Crippen molar-refractivity contribution >= 4 is 12.5 Å². The van der Waals surface area contributed by atoms with Gasteiger partial charge >= 0.3 is 0 Å². The van der Waals surface area contributed by atoms with Gasteiger partial charge in [0.25, 0.3) is 0 Å². The van der Waals surface area contributed by atoms with E-state index in [1.165, 1.54) is 0 Å². The van der Waals surface area contributed by atoms with Crippen LogP contribution in [0.1, 0.15) is 19.8 Å². The van der Waals surface area contributed by atoms with E-state index in [1.807, 2.05) is 6.92 Å². The second-order valence-corrected chi connectivity index (χ2v) is 2.01. The Morgan fingerprint density at radius 2 is 2.40 bits per heavy atom. The molecule has 0 spiro atoms. The van der Waals surface area contributed by atoms with Crippen molar-refractivity contribution in [2.24, 2.45) is 4.99 Å². The molecule has 1 atom stereocenters. The Balaban J connectivity index is 3.50. The lowest BCUT2D eigenvalue weighted by Gasteiger charge is -1.96. The highest BCUT2D eigenvalue weighted by molar-refractivity contribution is 5.65. The van der Waals surface area contributed by atoms with Crippen molar-refractivity contribution in [3.63, 3.8) is 0 Å². The summed E-state index contributed by atoms with van der Waals surface area (Å²) in [6.07, 6.45) is 4.20. The molecule has 0 unspecified atom stereocenters. The van der Waals surface area contributed by atoms with Crippen LogP contribution in [0.4, 0.5) is 0 Å². The zero-order valence-electron chi connectivity index (χ0n) is 6.16. The van der Waals surface area contributed by atoms with Crippen molar-refractivity contribution in [3.05, 3.63) is 0 Å². The first kappa shape index (κ1) is 9.30. The molecule has 0 radical (unpaired) electrons. The largest absolute Gasteiger partial charge is 0.394 e. The molecular weight excluding hydrogens is 130 g/mol. The summed E-state index contributed by atoms with van der Waals surface area (Å²) in [5, 5.41) is 8.48. The highest BCUT2D eigenvalue weighted by Crippen LogP contribution is 1.86. The second-order valence-electron chi connectivity index (χ2n) is 2.01. The van der Waals surface area contributed by atoms with E-state index in [1.54, 1.807) is 6.21 Å². The molecule has 0 rings (SSSR count). The molecule has 0 aliphatic rings. The number of hydrogen-bond acceptors (Lipinski definition) is 3. The summed E-state index contributed by atoms with van der Waals surface area (Å²) in [5.74, 6) is 0. The molecular formula is C7H13NO2. The molecule has 0 heterocycles. The normalized spacial score (nSPS) is 13.8. The summed E-state index contributed by atoms with van der Waals surface area (Å²) < 4.78 is 0. The molecule has 0 saturated heterocycles. The maximum atomic E-state index is 10.1. The van der Waals surface area contributed by atoms with Crippen molar-refractivity contribution in [2.75, 3.05) is 6.61 Å². The highest BCUT2D eigenvalue weighted by atomic mass is 16.3. The molecule has 0 fully saturated rings. The zero-order chi connectivity index (χ0) is 7.82. The Morgan fingerprint density at radius 1 is 1.70 bits per heavy atom. The fourth-order valence-corrected chi connectivity index (χ4v) is 0.464. The number of aliphatic hydroxyl groups excluding tert-OH is 1. The van der Waals surface area contributed by atoms with Gasteiger partial charge in [0, 0.05) is 0 Å². The van der Waals surface area contributed by atoms with Gasteiger partial charge in [-0.1, -0.05) is 13.3 Å². The Labute approximate surface area is 60.8 Å². The number of carbonyl (C=O) groups is 1. The second kappa shape index (κ2) is 6.42. The van der Waals surface area contributed by atoms with Crippen LogP contribution in [0, 0.1) is 0 Å². The lowest BCUT2D eigenvalue weighted by atomic mass is 10.3. The number of aliphatic imine (C=N–C) groups is 1. The summed E-state index contributed by atoms with van der Waals surface area (Å²) in [6.45, 7) is 1.84. The predicted octanol–water partition coefficient (Wildman–Crippen LogP) is 0.417. The molecule has 10 heavy (non-hydrogen) atoms. The van der Waals surface area contributed by atoms with Crippen molar-refractivity contribution in [1.29, 1.82) is 0 Å². The summed E-state index contributed by atoms with van der Waals surface area (Å²) >= 11 is 0. The van der Waals surface area contributed by atoms with Gasteiger partial charge in [0.1, 0.15) is 12.3 Å². The van der Waals surface area contributed by atoms with Crippen LogP contribution in [0.3, 0.4) is 0 Å². The molecule has 0 aliphatic carbocycles. The van der Waals surface area contributed by atoms with Crippen LogP contribution in [-0.4, -0.2) is 30.3 Å².